The number of halogens is 1. The number of carbonyl (C=O) groups is 1. The molecule has 6 nitrogen and oxygen atoms in total. The third kappa shape index (κ3) is 2.85. The topological polar surface area (TPSA) is 104 Å². The summed E-state index contributed by atoms with van der Waals surface area (Å²) in [6.45, 7) is 0. The molecule has 0 atom stereocenters. The van der Waals surface area contributed by atoms with Gasteiger partial charge < -0.3 is 5.11 Å². The number of aliphatic carboxylic acids is 1. The Morgan fingerprint density at radius 1 is 1.59 bits per heavy atom. The van der Waals surface area contributed by atoms with Crippen molar-refractivity contribution in [3.8, 4) is 6.07 Å². The Labute approximate surface area is 94.4 Å². The highest BCUT2D eigenvalue weighted by atomic mass is 19.1. The number of benzene rings is 1. The molecule has 1 aromatic rings. The van der Waals surface area contributed by atoms with E-state index in [2.05, 4.69) is 0 Å². The van der Waals surface area contributed by atoms with Gasteiger partial charge >= 0.3 is 5.97 Å². The molecule has 1 N–H and O–H groups in total. The molecule has 0 saturated heterocycles. The molecule has 0 bridgehead atoms. The predicted molar refractivity (Wildman–Crippen MR) is 54.3 cm³/mol. The number of nitro benzene ring substituents is 1. The van der Waals surface area contributed by atoms with Gasteiger partial charge in [0, 0.05) is 0 Å². The van der Waals surface area contributed by atoms with Crippen molar-refractivity contribution in [2.75, 3.05) is 0 Å². The molecule has 0 spiro atoms. The van der Waals surface area contributed by atoms with E-state index in [4.69, 9.17) is 10.4 Å². The minimum atomic E-state index is -1.51. The van der Waals surface area contributed by atoms with Gasteiger partial charge in [0.25, 0.3) is 5.69 Å². The lowest BCUT2D eigenvalue weighted by molar-refractivity contribution is -0.385. The Hall–Kier alpha value is -2.75. The normalized spacial score (nSPS) is 10.7. The van der Waals surface area contributed by atoms with Crippen LogP contribution in [0.3, 0.4) is 0 Å². The number of nitrogens with zero attached hydrogens (tertiary/aromatic N) is 2. The van der Waals surface area contributed by atoms with Gasteiger partial charge in [0.05, 0.1) is 16.6 Å². The molecule has 0 heterocycles. The number of rotatable bonds is 3. The Morgan fingerprint density at radius 2 is 2.24 bits per heavy atom. The molecular weight excluding hydrogens is 231 g/mol. The largest absolute Gasteiger partial charge is 0.477 e. The molecule has 0 unspecified atom stereocenters. The quantitative estimate of drug-likeness (QED) is 0.372. The Bertz CT molecular complexity index is 560. The first-order valence-electron chi connectivity index (χ1n) is 4.24. The van der Waals surface area contributed by atoms with Crippen LogP contribution in [0, 0.1) is 27.3 Å². The third-order valence-electron chi connectivity index (χ3n) is 1.84. The summed E-state index contributed by atoms with van der Waals surface area (Å²) in [4.78, 5) is 20.3. The van der Waals surface area contributed by atoms with Crippen LogP contribution in [0.4, 0.5) is 10.1 Å². The third-order valence-corrected chi connectivity index (χ3v) is 1.84. The Kier molecular flexibility index (Phi) is 3.51. The second-order valence-corrected chi connectivity index (χ2v) is 2.94. The molecule has 0 saturated carbocycles. The van der Waals surface area contributed by atoms with E-state index in [0.717, 1.165) is 18.2 Å². The molecule has 17 heavy (non-hydrogen) atoms. The highest BCUT2D eigenvalue weighted by Crippen LogP contribution is 2.22. The fourth-order valence-electron chi connectivity index (χ4n) is 1.09. The second kappa shape index (κ2) is 4.85. The van der Waals surface area contributed by atoms with Crippen molar-refractivity contribution < 1.29 is 19.2 Å². The van der Waals surface area contributed by atoms with Crippen LogP contribution < -0.4 is 0 Å². The summed E-state index contributed by atoms with van der Waals surface area (Å²) < 4.78 is 12.8. The summed E-state index contributed by atoms with van der Waals surface area (Å²) in [7, 11) is 0. The first-order chi connectivity index (χ1) is 7.95. The highest BCUT2D eigenvalue weighted by Gasteiger charge is 2.15. The van der Waals surface area contributed by atoms with Crippen molar-refractivity contribution >= 4 is 17.7 Å². The van der Waals surface area contributed by atoms with E-state index in [1.807, 2.05) is 0 Å². The number of nitro groups is 1. The lowest BCUT2D eigenvalue weighted by Gasteiger charge is -1.98. The van der Waals surface area contributed by atoms with Crippen molar-refractivity contribution in [1.82, 2.24) is 0 Å². The van der Waals surface area contributed by atoms with Gasteiger partial charge in [-0.2, -0.15) is 5.26 Å². The highest BCUT2D eigenvalue weighted by molar-refractivity contribution is 5.97. The summed E-state index contributed by atoms with van der Waals surface area (Å²) >= 11 is 0. The van der Waals surface area contributed by atoms with Crippen LogP contribution in [0.5, 0.6) is 0 Å². The molecule has 0 aliphatic heterocycles. The maximum Gasteiger partial charge on any atom is 0.346 e. The van der Waals surface area contributed by atoms with Crippen molar-refractivity contribution in [3.63, 3.8) is 0 Å². The fraction of sp³-hybridized carbons (Fsp3) is 0. The summed E-state index contributed by atoms with van der Waals surface area (Å²) in [5.41, 5.74) is -1.41. The van der Waals surface area contributed by atoms with Crippen LogP contribution in [0.2, 0.25) is 0 Å². The van der Waals surface area contributed by atoms with Crippen LogP contribution in [0.1, 0.15) is 5.56 Å². The van der Waals surface area contributed by atoms with E-state index in [0.29, 0.717) is 6.07 Å². The lowest BCUT2D eigenvalue weighted by Crippen LogP contribution is -1.99. The minimum absolute atomic E-state index is 0.143. The van der Waals surface area contributed by atoms with Crippen molar-refractivity contribution in [2.45, 2.75) is 0 Å². The predicted octanol–water partition coefficient (Wildman–Crippen LogP) is 1.73. The maximum absolute atomic E-state index is 12.8. The van der Waals surface area contributed by atoms with E-state index < -0.39 is 28.0 Å². The zero-order chi connectivity index (χ0) is 13.0. The van der Waals surface area contributed by atoms with Crippen LogP contribution in [0.25, 0.3) is 6.08 Å². The first kappa shape index (κ1) is 12.3. The van der Waals surface area contributed by atoms with E-state index in [1.54, 1.807) is 0 Å². The van der Waals surface area contributed by atoms with Gasteiger partial charge in [-0.05, 0) is 18.2 Å². The molecule has 1 rings (SSSR count). The van der Waals surface area contributed by atoms with E-state index >= 15 is 0 Å². The van der Waals surface area contributed by atoms with Crippen LogP contribution in [-0.4, -0.2) is 16.0 Å². The summed E-state index contributed by atoms with van der Waals surface area (Å²) in [5.74, 6) is -2.33. The summed E-state index contributed by atoms with van der Waals surface area (Å²) in [6.07, 6.45) is 0.819. The van der Waals surface area contributed by atoms with Gasteiger partial charge in [0.2, 0.25) is 0 Å². The van der Waals surface area contributed by atoms with E-state index in [9.17, 15) is 19.3 Å². The average molecular weight is 236 g/mol. The first-order valence-corrected chi connectivity index (χ1v) is 4.24. The Morgan fingerprint density at radius 3 is 2.71 bits per heavy atom. The van der Waals surface area contributed by atoms with Crippen LogP contribution >= 0.6 is 0 Å². The molecule has 7 heteroatoms. The Balaban J connectivity index is 3.38. The van der Waals surface area contributed by atoms with Crippen molar-refractivity contribution in [3.05, 3.63) is 45.3 Å². The molecule has 0 amide bonds. The standard InChI is InChI=1S/C10H5FN2O4/c11-8-2-1-6(9(4-8)13(16)17)3-7(5-12)10(14)15/h1-4H,(H,14,15)/b7-3+. The fourth-order valence-corrected chi connectivity index (χ4v) is 1.09. The molecule has 0 aromatic heterocycles. The minimum Gasteiger partial charge on any atom is -0.477 e. The molecule has 0 fully saturated rings. The van der Waals surface area contributed by atoms with Gasteiger partial charge in [-0.1, -0.05) is 0 Å². The zero-order valence-electron chi connectivity index (χ0n) is 8.25. The average Bonchev–Trinajstić information content (AvgIpc) is 2.26. The monoisotopic (exact) mass is 236 g/mol. The molecule has 86 valence electrons. The van der Waals surface area contributed by atoms with Gasteiger partial charge in [-0.25, -0.2) is 9.18 Å². The number of hydrogen-bond donors (Lipinski definition) is 1. The molecule has 0 aliphatic carbocycles. The number of carboxylic acid groups (broad SMARTS) is 1. The van der Waals surface area contributed by atoms with Gasteiger partial charge in [0.1, 0.15) is 17.5 Å². The number of nitriles is 1. The smallest absolute Gasteiger partial charge is 0.346 e. The molecule has 0 radical (unpaired) electrons. The van der Waals surface area contributed by atoms with E-state index in [-0.39, 0.29) is 5.56 Å². The second-order valence-electron chi connectivity index (χ2n) is 2.94. The molecule has 1 aromatic carbocycles. The zero-order valence-corrected chi connectivity index (χ0v) is 8.25. The molecule has 0 aliphatic rings. The van der Waals surface area contributed by atoms with Gasteiger partial charge in [-0.15, -0.1) is 0 Å². The van der Waals surface area contributed by atoms with Gasteiger partial charge in [-0.3, -0.25) is 10.1 Å². The summed E-state index contributed by atoms with van der Waals surface area (Å²) in [6, 6.07) is 4.01. The maximum atomic E-state index is 12.8. The lowest BCUT2D eigenvalue weighted by atomic mass is 10.1. The van der Waals surface area contributed by atoms with Crippen LogP contribution in [-0.2, 0) is 4.79 Å². The SMILES string of the molecule is N#C/C(=C\c1ccc(F)cc1[N+](=O)[O-])C(=O)O. The summed E-state index contributed by atoms with van der Waals surface area (Å²) in [5, 5.41) is 27.7. The van der Waals surface area contributed by atoms with E-state index in [1.165, 1.54) is 6.07 Å². The van der Waals surface area contributed by atoms with Crippen molar-refractivity contribution in [2.24, 2.45) is 0 Å². The number of hydrogen-bond acceptors (Lipinski definition) is 4. The number of carboxylic acids is 1. The molecular formula is C10H5FN2O4. The van der Waals surface area contributed by atoms with Gasteiger partial charge in [0.15, 0.2) is 0 Å². The van der Waals surface area contributed by atoms with Crippen LogP contribution in [0.15, 0.2) is 23.8 Å². The van der Waals surface area contributed by atoms with Crippen molar-refractivity contribution in [1.29, 1.82) is 5.26 Å².